The maximum Gasteiger partial charge on any atom is 0.113 e. The van der Waals surface area contributed by atoms with Crippen LogP contribution < -0.4 is 5.46 Å². The van der Waals surface area contributed by atoms with Gasteiger partial charge in [0.25, 0.3) is 0 Å². The lowest BCUT2D eigenvalue weighted by Gasteiger charge is -2.30. The largest absolute Gasteiger partial charge is 0.372 e. The van der Waals surface area contributed by atoms with Gasteiger partial charge in [0.05, 0.1) is 6.10 Å². The first kappa shape index (κ1) is 15.3. The zero-order chi connectivity index (χ0) is 15.4. The van der Waals surface area contributed by atoms with Gasteiger partial charge in [-0.15, -0.1) is 0 Å². The van der Waals surface area contributed by atoms with Crippen LogP contribution >= 0.6 is 0 Å². The van der Waals surface area contributed by atoms with E-state index in [1.165, 1.54) is 11.1 Å². The molecule has 0 spiro atoms. The van der Waals surface area contributed by atoms with Crippen molar-refractivity contribution in [3.63, 3.8) is 0 Å². The molecule has 2 atom stereocenters. The number of hydrogen-bond acceptors (Lipinski definition) is 2. The lowest BCUT2D eigenvalue weighted by atomic mass is 9.93. The van der Waals surface area contributed by atoms with Gasteiger partial charge < -0.3 is 4.74 Å². The van der Waals surface area contributed by atoms with Crippen molar-refractivity contribution in [3.05, 3.63) is 65.7 Å². The molecule has 0 amide bonds. The van der Waals surface area contributed by atoms with Crippen molar-refractivity contribution in [1.29, 1.82) is 0 Å². The molecule has 1 fully saturated rings. The second-order valence-electron chi connectivity index (χ2n) is 5.96. The summed E-state index contributed by atoms with van der Waals surface area (Å²) in [4.78, 5) is 2.51. The summed E-state index contributed by atoms with van der Waals surface area (Å²) in [5.41, 5.74) is 3.33. The van der Waals surface area contributed by atoms with Crippen LogP contribution in [0.4, 0.5) is 0 Å². The molecule has 2 aromatic rings. The molecule has 1 heterocycles. The quantitative estimate of drug-likeness (QED) is 0.806. The van der Waals surface area contributed by atoms with E-state index in [2.05, 4.69) is 48.2 Å². The van der Waals surface area contributed by atoms with Gasteiger partial charge in [-0.2, -0.15) is 0 Å². The summed E-state index contributed by atoms with van der Waals surface area (Å²) < 4.78 is 6.06. The number of rotatable bonds is 3. The standard InChI is InChI=1S/C19H22BNO/c1-15(16-7-3-2-4-8-16)21-11-6-12-22-19(14-21)17-9-5-10-18(20)13-17/h2-5,7-10,13,15,19H,6,11-12,14H2,1H3/t15-,19?/m1/s1. The Labute approximate surface area is 134 Å². The fourth-order valence-corrected chi connectivity index (χ4v) is 3.11. The van der Waals surface area contributed by atoms with E-state index in [-0.39, 0.29) is 6.10 Å². The van der Waals surface area contributed by atoms with Crippen LogP contribution in [0, 0.1) is 0 Å². The van der Waals surface area contributed by atoms with E-state index in [0.717, 1.165) is 31.6 Å². The number of benzene rings is 2. The zero-order valence-electron chi connectivity index (χ0n) is 13.1. The average Bonchev–Trinajstić information content (AvgIpc) is 2.81. The van der Waals surface area contributed by atoms with Gasteiger partial charge in [0.1, 0.15) is 7.85 Å². The van der Waals surface area contributed by atoms with Gasteiger partial charge >= 0.3 is 0 Å². The average molecular weight is 291 g/mol. The van der Waals surface area contributed by atoms with Crippen molar-refractivity contribution in [3.8, 4) is 0 Å². The third-order valence-electron chi connectivity index (χ3n) is 4.42. The van der Waals surface area contributed by atoms with Crippen LogP contribution in [0.1, 0.15) is 36.6 Å². The lowest BCUT2D eigenvalue weighted by molar-refractivity contribution is 0.0483. The minimum atomic E-state index is 0.0946. The molecule has 0 aliphatic carbocycles. The lowest BCUT2D eigenvalue weighted by Crippen LogP contribution is -2.31. The highest BCUT2D eigenvalue weighted by atomic mass is 16.5. The van der Waals surface area contributed by atoms with E-state index in [1.807, 2.05) is 18.2 Å². The Morgan fingerprint density at radius 3 is 2.73 bits per heavy atom. The Kier molecular flexibility index (Phi) is 4.96. The molecule has 3 heteroatoms. The van der Waals surface area contributed by atoms with Gasteiger partial charge in [0.15, 0.2) is 0 Å². The molecular weight excluding hydrogens is 269 g/mol. The third kappa shape index (κ3) is 3.60. The van der Waals surface area contributed by atoms with Gasteiger partial charge in [0, 0.05) is 25.7 Å². The highest BCUT2D eigenvalue weighted by molar-refractivity contribution is 6.32. The second-order valence-corrected chi connectivity index (χ2v) is 5.96. The molecular formula is C19H22BNO. The van der Waals surface area contributed by atoms with Crippen LogP contribution in [-0.2, 0) is 4.74 Å². The molecule has 0 aromatic heterocycles. The molecule has 2 aromatic carbocycles. The van der Waals surface area contributed by atoms with Crippen molar-refractivity contribution in [2.45, 2.75) is 25.5 Å². The molecule has 2 radical (unpaired) electrons. The van der Waals surface area contributed by atoms with Gasteiger partial charge in [-0.25, -0.2) is 0 Å². The minimum Gasteiger partial charge on any atom is -0.372 e. The maximum absolute atomic E-state index is 6.06. The number of hydrogen-bond donors (Lipinski definition) is 0. The maximum atomic E-state index is 6.06. The number of ether oxygens (including phenoxy) is 1. The highest BCUT2D eigenvalue weighted by Crippen LogP contribution is 2.27. The Balaban J connectivity index is 1.78. The predicted octanol–water partition coefficient (Wildman–Crippen LogP) is 3.01. The van der Waals surface area contributed by atoms with Crippen molar-refractivity contribution in [1.82, 2.24) is 4.90 Å². The van der Waals surface area contributed by atoms with E-state index in [4.69, 9.17) is 12.6 Å². The van der Waals surface area contributed by atoms with Crippen LogP contribution in [0.2, 0.25) is 0 Å². The summed E-state index contributed by atoms with van der Waals surface area (Å²) in [6.07, 6.45) is 1.16. The van der Waals surface area contributed by atoms with Crippen molar-refractivity contribution in [2.24, 2.45) is 0 Å². The fourth-order valence-electron chi connectivity index (χ4n) is 3.11. The molecule has 1 aliphatic heterocycles. The molecule has 0 saturated carbocycles. The van der Waals surface area contributed by atoms with E-state index in [9.17, 15) is 0 Å². The van der Waals surface area contributed by atoms with Crippen molar-refractivity contribution in [2.75, 3.05) is 19.7 Å². The smallest absolute Gasteiger partial charge is 0.113 e. The van der Waals surface area contributed by atoms with E-state index >= 15 is 0 Å². The Hall–Kier alpha value is -1.58. The highest BCUT2D eigenvalue weighted by Gasteiger charge is 2.24. The fraction of sp³-hybridized carbons (Fsp3) is 0.368. The predicted molar refractivity (Wildman–Crippen MR) is 91.6 cm³/mol. The zero-order valence-corrected chi connectivity index (χ0v) is 13.1. The van der Waals surface area contributed by atoms with Gasteiger partial charge in [0.2, 0.25) is 0 Å². The van der Waals surface area contributed by atoms with E-state index < -0.39 is 0 Å². The first-order chi connectivity index (χ1) is 10.7. The first-order valence-electron chi connectivity index (χ1n) is 8.00. The summed E-state index contributed by atoms with van der Waals surface area (Å²) in [6, 6.07) is 19.1. The van der Waals surface area contributed by atoms with Crippen molar-refractivity contribution < 1.29 is 4.74 Å². The summed E-state index contributed by atoms with van der Waals surface area (Å²) >= 11 is 0. The summed E-state index contributed by atoms with van der Waals surface area (Å²) in [6.45, 7) is 5.04. The molecule has 2 nitrogen and oxygen atoms in total. The topological polar surface area (TPSA) is 12.5 Å². The Morgan fingerprint density at radius 2 is 1.95 bits per heavy atom. The Bertz CT molecular complexity index is 601. The molecule has 0 bridgehead atoms. The number of nitrogens with zero attached hydrogens (tertiary/aromatic N) is 1. The molecule has 1 unspecified atom stereocenters. The van der Waals surface area contributed by atoms with Crippen LogP contribution in [0.3, 0.4) is 0 Å². The van der Waals surface area contributed by atoms with Crippen LogP contribution in [0.15, 0.2) is 54.6 Å². The normalized spacial score (nSPS) is 21.2. The van der Waals surface area contributed by atoms with Crippen LogP contribution in [0.5, 0.6) is 0 Å². The Morgan fingerprint density at radius 1 is 1.14 bits per heavy atom. The molecule has 1 saturated heterocycles. The van der Waals surface area contributed by atoms with E-state index in [1.54, 1.807) is 0 Å². The monoisotopic (exact) mass is 291 g/mol. The van der Waals surface area contributed by atoms with Crippen molar-refractivity contribution >= 4 is 13.3 Å². The molecule has 0 N–H and O–H groups in total. The van der Waals surface area contributed by atoms with Gasteiger partial charge in [-0.3, -0.25) is 4.90 Å². The van der Waals surface area contributed by atoms with Gasteiger partial charge in [-0.1, -0.05) is 60.1 Å². The van der Waals surface area contributed by atoms with Crippen LogP contribution in [-0.4, -0.2) is 32.4 Å². The molecule has 1 aliphatic rings. The third-order valence-corrected chi connectivity index (χ3v) is 4.42. The molecule has 22 heavy (non-hydrogen) atoms. The second kappa shape index (κ2) is 7.12. The summed E-state index contributed by atoms with van der Waals surface area (Å²) in [7, 11) is 5.92. The molecule has 3 rings (SSSR count). The van der Waals surface area contributed by atoms with E-state index in [0.29, 0.717) is 6.04 Å². The van der Waals surface area contributed by atoms with Crippen LogP contribution in [0.25, 0.3) is 0 Å². The van der Waals surface area contributed by atoms with Gasteiger partial charge in [-0.05, 0) is 24.5 Å². The molecule has 112 valence electrons. The SMILES string of the molecule is [B]c1cccc(C2CN([C@H](C)c3ccccc3)CCCO2)c1. The summed E-state index contributed by atoms with van der Waals surface area (Å²) in [5, 5.41) is 0. The first-order valence-corrected chi connectivity index (χ1v) is 8.00. The summed E-state index contributed by atoms with van der Waals surface area (Å²) in [5.74, 6) is 0. The minimum absolute atomic E-state index is 0.0946.